The summed E-state index contributed by atoms with van der Waals surface area (Å²) in [6.07, 6.45) is 0. The highest BCUT2D eigenvalue weighted by molar-refractivity contribution is 14.1. The van der Waals surface area contributed by atoms with Gasteiger partial charge in [-0.1, -0.05) is 19.9 Å². The van der Waals surface area contributed by atoms with Crippen LogP contribution in [0.15, 0.2) is 24.3 Å². The number of benzene rings is 1. The number of hydrogen-bond donors (Lipinski definition) is 1. The van der Waals surface area contributed by atoms with Gasteiger partial charge < -0.3 is 0 Å². The molecule has 0 bridgehead atoms. The average Bonchev–Trinajstić information content (AvgIpc) is 2.18. The first kappa shape index (κ1) is 13.7. The smallest absolute Gasteiger partial charge is 0.271 e. The Morgan fingerprint density at radius 3 is 2.44 bits per heavy atom. The summed E-state index contributed by atoms with van der Waals surface area (Å²) in [4.78, 5) is 0. The first-order chi connectivity index (χ1) is 7.49. The van der Waals surface area contributed by atoms with Crippen molar-refractivity contribution < 1.29 is 8.42 Å². The van der Waals surface area contributed by atoms with E-state index in [0.29, 0.717) is 18.8 Å². The second-order valence-electron chi connectivity index (χ2n) is 3.20. The third-order valence-corrected chi connectivity index (χ3v) is 4.48. The van der Waals surface area contributed by atoms with Crippen molar-refractivity contribution in [2.45, 2.75) is 13.8 Å². The van der Waals surface area contributed by atoms with Crippen LogP contribution in [-0.4, -0.2) is 25.8 Å². The summed E-state index contributed by atoms with van der Waals surface area (Å²) in [5.41, 5.74) is 0.596. The fraction of sp³-hybridized carbons (Fsp3) is 0.400. The number of halogens is 1. The summed E-state index contributed by atoms with van der Waals surface area (Å²) in [7, 11) is -3.41. The summed E-state index contributed by atoms with van der Waals surface area (Å²) >= 11 is 2.14. The van der Waals surface area contributed by atoms with Crippen LogP contribution >= 0.6 is 22.6 Å². The second-order valence-corrected chi connectivity index (χ2v) is 6.12. The zero-order valence-electron chi connectivity index (χ0n) is 9.27. The predicted octanol–water partition coefficient (Wildman–Crippen LogP) is 2.29. The molecule has 0 radical (unpaired) electrons. The van der Waals surface area contributed by atoms with Crippen LogP contribution in [0.1, 0.15) is 13.8 Å². The molecule has 0 aliphatic heterocycles. The van der Waals surface area contributed by atoms with Crippen LogP contribution in [0.25, 0.3) is 0 Å². The van der Waals surface area contributed by atoms with Crippen molar-refractivity contribution in [2.75, 3.05) is 17.8 Å². The van der Waals surface area contributed by atoms with Gasteiger partial charge in [-0.2, -0.15) is 12.7 Å². The van der Waals surface area contributed by atoms with Crippen molar-refractivity contribution in [2.24, 2.45) is 0 Å². The molecule has 0 heterocycles. The zero-order chi connectivity index (χ0) is 12.2. The molecule has 0 fully saturated rings. The molecule has 0 saturated heterocycles. The van der Waals surface area contributed by atoms with E-state index in [9.17, 15) is 8.42 Å². The van der Waals surface area contributed by atoms with Crippen molar-refractivity contribution in [3.8, 4) is 0 Å². The Morgan fingerprint density at radius 2 is 1.94 bits per heavy atom. The van der Waals surface area contributed by atoms with Gasteiger partial charge in [0.15, 0.2) is 0 Å². The van der Waals surface area contributed by atoms with Crippen molar-refractivity contribution >= 4 is 38.5 Å². The van der Waals surface area contributed by atoms with Crippen LogP contribution in [-0.2, 0) is 10.2 Å². The van der Waals surface area contributed by atoms with Crippen LogP contribution in [0, 0.1) is 3.57 Å². The average molecular weight is 354 g/mol. The number of anilines is 1. The molecular weight excluding hydrogens is 339 g/mol. The zero-order valence-corrected chi connectivity index (χ0v) is 12.2. The topological polar surface area (TPSA) is 49.4 Å². The standard InChI is InChI=1S/C10H15IN2O2S/c1-3-13(4-2)16(14,15)12-10-7-5-6-9(11)8-10/h5-8,12H,3-4H2,1-2H3. The molecule has 0 amide bonds. The Morgan fingerprint density at radius 1 is 1.31 bits per heavy atom. The molecule has 90 valence electrons. The summed E-state index contributed by atoms with van der Waals surface area (Å²) in [6, 6.07) is 7.27. The van der Waals surface area contributed by atoms with E-state index in [2.05, 4.69) is 27.3 Å². The van der Waals surface area contributed by atoms with Gasteiger partial charge in [-0.15, -0.1) is 0 Å². The molecule has 0 aliphatic carbocycles. The SMILES string of the molecule is CCN(CC)S(=O)(=O)Nc1cccc(I)c1. The van der Waals surface area contributed by atoms with Gasteiger partial charge in [-0.25, -0.2) is 0 Å². The van der Waals surface area contributed by atoms with Gasteiger partial charge in [0.1, 0.15) is 0 Å². The maximum Gasteiger partial charge on any atom is 0.301 e. The molecule has 1 aromatic carbocycles. The quantitative estimate of drug-likeness (QED) is 0.825. The van der Waals surface area contributed by atoms with Gasteiger partial charge in [0.05, 0.1) is 5.69 Å². The van der Waals surface area contributed by atoms with Gasteiger partial charge >= 0.3 is 10.2 Å². The van der Waals surface area contributed by atoms with Gasteiger partial charge in [0.2, 0.25) is 0 Å². The number of nitrogens with zero attached hydrogens (tertiary/aromatic N) is 1. The third kappa shape index (κ3) is 3.60. The molecule has 0 unspecified atom stereocenters. The Labute approximate surface area is 110 Å². The first-order valence-electron chi connectivity index (χ1n) is 5.03. The Kier molecular flexibility index (Phi) is 5.00. The lowest BCUT2D eigenvalue weighted by Crippen LogP contribution is -2.35. The van der Waals surface area contributed by atoms with E-state index in [-0.39, 0.29) is 0 Å². The monoisotopic (exact) mass is 354 g/mol. The van der Waals surface area contributed by atoms with E-state index in [0.717, 1.165) is 3.57 Å². The van der Waals surface area contributed by atoms with Crippen LogP contribution < -0.4 is 4.72 Å². The molecule has 4 nitrogen and oxygen atoms in total. The second kappa shape index (κ2) is 5.83. The highest BCUT2D eigenvalue weighted by Crippen LogP contribution is 2.15. The summed E-state index contributed by atoms with van der Waals surface area (Å²) in [6.45, 7) is 4.57. The lowest BCUT2D eigenvalue weighted by molar-refractivity contribution is 0.449. The first-order valence-corrected chi connectivity index (χ1v) is 7.55. The fourth-order valence-electron chi connectivity index (χ4n) is 1.33. The molecule has 6 heteroatoms. The lowest BCUT2D eigenvalue weighted by Gasteiger charge is -2.19. The minimum Gasteiger partial charge on any atom is -0.271 e. The number of rotatable bonds is 5. The Hall–Kier alpha value is -0.340. The van der Waals surface area contributed by atoms with E-state index >= 15 is 0 Å². The molecule has 0 aliphatic rings. The summed E-state index contributed by atoms with van der Waals surface area (Å²) in [5, 5.41) is 0. The molecule has 0 aromatic heterocycles. The van der Waals surface area contributed by atoms with Crippen LogP contribution in [0.3, 0.4) is 0 Å². The van der Waals surface area contributed by atoms with Crippen molar-refractivity contribution in [3.63, 3.8) is 0 Å². The fourth-order valence-corrected chi connectivity index (χ4v) is 3.11. The van der Waals surface area contributed by atoms with Crippen LogP contribution in [0.4, 0.5) is 5.69 Å². The molecule has 1 rings (SSSR count). The van der Waals surface area contributed by atoms with Gasteiger partial charge in [-0.05, 0) is 40.8 Å². The van der Waals surface area contributed by atoms with Crippen LogP contribution in [0.2, 0.25) is 0 Å². The van der Waals surface area contributed by atoms with Gasteiger partial charge in [-0.3, -0.25) is 4.72 Å². The summed E-state index contributed by atoms with van der Waals surface area (Å²) in [5.74, 6) is 0. The molecule has 0 saturated carbocycles. The van der Waals surface area contributed by atoms with Crippen LogP contribution in [0.5, 0.6) is 0 Å². The highest BCUT2D eigenvalue weighted by atomic mass is 127. The number of nitrogens with one attached hydrogen (secondary N) is 1. The van der Waals surface area contributed by atoms with Gasteiger partial charge in [0.25, 0.3) is 0 Å². The Balaban J connectivity index is 2.88. The van der Waals surface area contributed by atoms with Crippen molar-refractivity contribution in [1.82, 2.24) is 4.31 Å². The maximum absolute atomic E-state index is 11.9. The van der Waals surface area contributed by atoms with E-state index in [1.165, 1.54) is 4.31 Å². The Bertz CT molecular complexity index is 444. The third-order valence-electron chi connectivity index (χ3n) is 2.12. The number of hydrogen-bond acceptors (Lipinski definition) is 2. The molecule has 1 aromatic rings. The van der Waals surface area contributed by atoms with E-state index in [1.54, 1.807) is 12.1 Å². The van der Waals surface area contributed by atoms with E-state index in [1.807, 2.05) is 26.0 Å². The molecular formula is C10H15IN2O2S. The highest BCUT2D eigenvalue weighted by Gasteiger charge is 2.17. The van der Waals surface area contributed by atoms with Crippen molar-refractivity contribution in [1.29, 1.82) is 0 Å². The largest absolute Gasteiger partial charge is 0.301 e. The summed E-state index contributed by atoms with van der Waals surface area (Å²) < 4.78 is 28.7. The normalized spacial score (nSPS) is 11.8. The minimum absolute atomic E-state index is 0.468. The minimum atomic E-state index is -3.41. The molecule has 16 heavy (non-hydrogen) atoms. The molecule has 0 spiro atoms. The predicted molar refractivity (Wildman–Crippen MR) is 74.6 cm³/mol. The lowest BCUT2D eigenvalue weighted by atomic mass is 10.3. The molecule has 0 atom stereocenters. The van der Waals surface area contributed by atoms with Gasteiger partial charge in [0, 0.05) is 16.7 Å². The van der Waals surface area contributed by atoms with Crippen molar-refractivity contribution in [3.05, 3.63) is 27.8 Å². The maximum atomic E-state index is 11.9. The van der Waals surface area contributed by atoms with E-state index < -0.39 is 10.2 Å². The van der Waals surface area contributed by atoms with E-state index in [4.69, 9.17) is 0 Å². The molecule has 1 N–H and O–H groups in total.